The topological polar surface area (TPSA) is 50.1 Å². The molecule has 4 heteroatoms. The van der Waals surface area contributed by atoms with Crippen molar-refractivity contribution in [2.24, 2.45) is 0 Å². The number of aryl methyl sites for hydroxylation is 1. The van der Waals surface area contributed by atoms with Gasteiger partial charge >= 0.3 is 0 Å². The van der Waals surface area contributed by atoms with Crippen LogP contribution in [0.1, 0.15) is 25.6 Å². The minimum absolute atomic E-state index is 0.236. The van der Waals surface area contributed by atoms with Gasteiger partial charge in [-0.1, -0.05) is 6.92 Å². The van der Waals surface area contributed by atoms with E-state index in [1.165, 1.54) is 0 Å². The number of nitrogens with zero attached hydrogens (tertiary/aromatic N) is 2. The van der Waals surface area contributed by atoms with Crippen LogP contribution in [0, 0.1) is 0 Å². The van der Waals surface area contributed by atoms with Crippen molar-refractivity contribution in [3.8, 4) is 0 Å². The summed E-state index contributed by atoms with van der Waals surface area (Å²) in [7, 11) is 0. The number of aliphatic hydroxyl groups is 1. The van der Waals surface area contributed by atoms with E-state index >= 15 is 0 Å². The molecule has 0 aromatic carbocycles. The van der Waals surface area contributed by atoms with E-state index in [9.17, 15) is 0 Å². The molecular weight excluding hydrogens is 178 g/mol. The second-order valence-electron chi connectivity index (χ2n) is 3.29. The Kier molecular flexibility index (Phi) is 5.25. The lowest BCUT2D eigenvalue weighted by molar-refractivity contribution is 0.279. The molecule has 14 heavy (non-hydrogen) atoms. The average molecular weight is 197 g/mol. The molecule has 1 aromatic heterocycles. The number of imidazole rings is 1. The molecule has 0 spiro atoms. The normalized spacial score (nSPS) is 10.7. The van der Waals surface area contributed by atoms with Crippen molar-refractivity contribution in [2.45, 2.75) is 32.9 Å². The van der Waals surface area contributed by atoms with Gasteiger partial charge in [-0.3, -0.25) is 0 Å². The first-order valence-electron chi connectivity index (χ1n) is 5.20. The molecule has 0 fully saturated rings. The predicted octanol–water partition coefficient (Wildman–Crippen LogP) is 0.765. The number of nitrogens with one attached hydrogen (secondary N) is 1. The lowest BCUT2D eigenvalue weighted by Crippen LogP contribution is -2.17. The smallest absolute Gasteiger partial charge is 0.122 e. The van der Waals surface area contributed by atoms with Crippen molar-refractivity contribution in [1.29, 1.82) is 0 Å². The molecular formula is C10H19N3O. The van der Waals surface area contributed by atoms with Gasteiger partial charge in [0.15, 0.2) is 0 Å². The summed E-state index contributed by atoms with van der Waals surface area (Å²) in [5, 5.41) is 12.0. The summed E-state index contributed by atoms with van der Waals surface area (Å²) in [5.74, 6) is 1.05. The van der Waals surface area contributed by atoms with Gasteiger partial charge in [0.2, 0.25) is 0 Å². The molecule has 2 N–H and O–H groups in total. The number of rotatable bonds is 7. The van der Waals surface area contributed by atoms with Gasteiger partial charge in [-0.05, 0) is 19.4 Å². The molecule has 1 aromatic rings. The largest absolute Gasteiger partial charge is 0.396 e. The molecule has 0 saturated carbocycles. The highest BCUT2D eigenvalue weighted by molar-refractivity contribution is 4.91. The molecule has 0 amide bonds. The Labute approximate surface area is 85.0 Å². The number of aliphatic hydroxyl groups excluding tert-OH is 1. The third-order valence-corrected chi connectivity index (χ3v) is 2.07. The summed E-state index contributed by atoms with van der Waals surface area (Å²) < 4.78 is 2.08. The highest BCUT2D eigenvalue weighted by Gasteiger charge is 2.00. The second kappa shape index (κ2) is 6.56. The van der Waals surface area contributed by atoms with Crippen molar-refractivity contribution < 1.29 is 5.11 Å². The maximum Gasteiger partial charge on any atom is 0.122 e. The Morgan fingerprint density at radius 1 is 1.57 bits per heavy atom. The first kappa shape index (κ1) is 11.2. The minimum atomic E-state index is 0.236. The standard InChI is InChI=1S/C10H19N3O/c1-2-4-11-9-10-12-5-7-13(10)6-3-8-14/h5,7,11,14H,2-4,6,8-9H2,1H3. The van der Waals surface area contributed by atoms with Crippen LogP contribution in [0.2, 0.25) is 0 Å². The van der Waals surface area contributed by atoms with Crippen molar-refractivity contribution in [3.63, 3.8) is 0 Å². The fourth-order valence-electron chi connectivity index (χ4n) is 1.33. The van der Waals surface area contributed by atoms with E-state index in [2.05, 4.69) is 21.8 Å². The minimum Gasteiger partial charge on any atom is -0.396 e. The van der Waals surface area contributed by atoms with Gasteiger partial charge in [0, 0.05) is 25.5 Å². The van der Waals surface area contributed by atoms with Gasteiger partial charge in [-0.25, -0.2) is 4.98 Å². The Bertz CT molecular complexity index is 247. The van der Waals surface area contributed by atoms with Crippen molar-refractivity contribution in [3.05, 3.63) is 18.2 Å². The predicted molar refractivity (Wildman–Crippen MR) is 55.9 cm³/mol. The molecule has 0 saturated heterocycles. The van der Waals surface area contributed by atoms with Crippen LogP contribution in [0.3, 0.4) is 0 Å². The Morgan fingerprint density at radius 3 is 3.14 bits per heavy atom. The molecule has 80 valence electrons. The van der Waals surface area contributed by atoms with E-state index in [0.29, 0.717) is 0 Å². The zero-order valence-corrected chi connectivity index (χ0v) is 8.74. The zero-order valence-electron chi connectivity index (χ0n) is 8.74. The maximum absolute atomic E-state index is 8.72. The number of aromatic nitrogens is 2. The molecule has 0 aliphatic carbocycles. The van der Waals surface area contributed by atoms with E-state index in [0.717, 1.165) is 38.3 Å². The van der Waals surface area contributed by atoms with Crippen LogP contribution in [0.15, 0.2) is 12.4 Å². The lowest BCUT2D eigenvalue weighted by Gasteiger charge is -2.07. The van der Waals surface area contributed by atoms with E-state index in [4.69, 9.17) is 5.11 Å². The number of hydrogen-bond donors (Lipinski definition) is 2. The van der Waals surface area contributed by atoms with Crippen LogP contribution in [0.25, 0.3) is 0 Å². The molecule has 1 heterocycles. The summed E-state index contributed by atoms with van der Waals surface area (Å²) in [6, 6.07) is 0. The first-order valence-corrected chi connectivity index (χ1v) is 5.20. The van der Waals surface area contributed by atoms with E-state index < -0.39 is 0 Å². The zero-order chi connectivity index (χ0) is 10.2. The monoisotopic (exact) mass is 197 g/mol. The molecule has 0 atom stereocenters. The van der Waals surface area contributed by atoms with Crippen LogP contribution in [-0.4, -0.2) is 27.8 Å². The average Bonchev–Trinajstić information content (AvgIpc) is 2.63. The van der Waals surface area contributed by atoms with Gasteiger partial charge in [-0.2, -0.15) is 0 Å². The maximum atomic E-state index is 8.72. The summed E-state index contributed by atoms with van der Waals surface area (Å²) in [6.07, 6.45) is 5.69. The fraction of sp³-hybridized carbons (Fsp3) is 0.700. The van der Waals surface area contributed by atoms with Gasteiger partial charge < -0.3 is 15.0 Å². The Morgan fingerprint density at radius 2 is 2.43 bits per heavy atom. The third kappa shape index (κ3) is 3.47. The molecule has 0 radical (unpaired) electrons. The molecule has 0 unspecified atom stereocenters. The second-order valence-corrected chi connectivity index (χ2v) is 3.29. The highest BCUT2D eigenvalue weighted by Crippen LogP contribution is 1.98. The van der Waals surface area contributed by atoms with Crippen LogP contribution < -0.4 is 5.32 Å². The van der Waals surface area contributed by atoms with E-state index in [1.54, 1.807) is 6.20 Å². The first-order chi connectivity index (χ1) is 6.88. The quantitative estimate of drug-likeness (QED) is 0.635. The molecule has 0 bridgehead atoms. The van der Waals surface area contributed by atoms with Gasteiger partial charge in [0.1, 0.15) is 5.82 Å². The van der Waals surface area contributed by atoms with Crippen LogP contribution in [-0.2, 0) is 13.1 Å². The van der Waals surface area contributed by atoms with E-state index in [1.807, 2.05) is 6.20 Å². The molecule has 1 rings (SSSR count). The SMILES string of the molecule is CCCNCc1nccn1CCCO. The molecule has 4 nitrogen and oxygen atoms in total. The summed E-state index contributed by atoms with van der Waals surface area (Å²) >= 11 is 0. The summed E-state index contributed by atoms with van der Waals surface area (Å²) in [6.45, 7) is 5.06. The van der Waals surface area contributed by atoms with Crippen LogP contribution in [0.4, 0.5) is 0 Å². The number of hydrogen-bond acceptors (Lipinski definition) is 3. The summed E-state index contributed by atoms with van der Waals surface area (Å²) in [5.41, 5.74) is 0. The molecule has 0 aliphatic heterocycles. The van der Waals surface area contributed by atoms with Gasteiger partial charge in [0.25, 0.3) is 0 Å². The Balaban J connectivity index is 2.37. The Hall–Kier alpha value is -0.870. The highest BCUT2D eigenvalue weighted by atomic mass is 16.3. The van der Waals surface area contributed by atoms with Crippen molar-refractivity contribution in [2.75, 3.05) is 13.2 Å². The van der Waals surface area contributed by atoms with Crippen molar-refractivity contribution in [1.82, 2.24) is 14.9 Å². The van der Waals surface area contributed by atoms with E-state index in [-0.39, 0.29) is 6.61 Å². The van der Waals surface area contributed by atoms with Crippen molar-refractivity contribution >= 4 is 0 Å². The fourth-order valence-corrected chi connectivity index (χ4v) is 1.33. The van der Waals surface area contributed by atoms with Crippen LogP contribution >= 0.6 is 0 Å². The molecule has 0 aliphatic rings. The van der Waals surface area contributed by atoms with Gasteiger partial charge in [-0.15, -0.1) is 0 Å². The summed E-state index contributed by atoms with van der Waals surface area (Å²) in [4.78, 5) is 4.26. The lowest BCUT2D eigenvalue weighted by atomic mass is 10.4. The third-order valence-electron chi connectivity index (χ3n) is 2.07. The van der Waals surface area contributed by atoms with Crippen LogP contribution in [0.5, 0.6) is 0 Å². The van der Waals surface area contributed by atoms with Gasteiger partial charge in [0.05, 0.1) is 6.54 Å².